The van der Waals surface area contributed by atoms with E-state index in [0.717, 1.165) is 0 Å². The van der Waals surface area contributed by atoms with Crippen LogP contribution >= 0.6 is 7.60 Å². The van der Waals surface area contributed by atoms with Gasteiger partial charge in [0.25, 0.3) is 0 Å². The second-order valence-corrected chi connectivity index (χ2v) is 5.87. The van der Waals surface area contributed by atoms with E-state index in [1.807, 2.05) is 0 Å². The molecule has 100 valence electrons. The van der Waals surface area contributed by atoms with Crippen molar-refractivity contribution in [1.29, 1.82) is 0 Å². The van der Waals surface area contributed by atoms with Gasteiger partial charge >= 0.3 is 13.3 Å². The second-order valence-electron chi connectivity index (χ2n) is 4.18. The van der Waals surface area contributed by atoms with Crippen molar-refractivity contribution in [3.8, 4) is 0 Å². The highest BCUT2D eigenvalue weighted by molar-refractivity contribution is 7.51. The van der Waals surface area contributed by atoms with Gasteiger partial charge in [0.05, 0.1) is 12.3 Å². The lowest BCUT2D eigenvalue weighted by Crippen LogP contribution is -2.27. The van der Waals surface area contributed by atoms with Gasteiger partial charge in [0.1, 0.15) is 12.0 Å². The summed E-state index contributed by atoms with van der Waals surface area (Å²) in [6.45, 7) is 0. The first-order valence-corrected chi connectivity index (χ1v) is 7.19. The maximum Gasteiger partial charge on any atom is 0.351 e. The molecule has 8 nitrogen and oxygen atoms in total. The van der Waals surface area contributed by atoms with E-state index in [-0.39, 0.29) is 12.0 Å². The number of nitrogen functional groups attached to an aromatic ring is 1. The van der Waals surface area contributed by atoms with Crippen molar-refractivity contribution in [2.24, 2.45) is 0 Å². The Morgan fingerprint density at radius 3 is 2.89 bits per heavy atom. The molecule has 4 N–H and O–H groups in total. The summed E-state index contributed by atoms with van der Waals surface area (Å²) in [4.78, 5) is 32.8. The first-order valence-electron chi connectivity index (χ1n) is 5.40. The van der Waals surface area contributed by atoms with Crippen molar-refractivity contribution in [2.45, 2.75) is 25.2 Å². The van der Waals surface area contributed by atoms with Crippen LogP contribution < -0.4 is 11.4 Å². The quantitative estimate of drug-likeness (QED) is 0.645. The summed E-state index contributed by atoms with van der Waals surface area (Å²) >= 11 is 0. The minimum absolute atomic E-state index is 0.126. The third-order valence-electron chi connectivity index (χ3n) is 2.69. The van der Waals surface area contributed by atoms with Gasteiger partial charge in [-0.2, -0.15) is 4.98 Å². The number of hydrogen-bond acceptors (Lipinski definition) is 5. The lowest BCUT2D eigenvalue weighted by Gasteiger charge is -2.15. The lowest BCUT2D eigenvalue weighted by atomic mass is 10.2. The number of anilines is 1. The molecule has 1 aliphatic rings. The average molecular weight is 275 g/mol. The van der Waals surface area contributed by atoms with Crippen LogP contribution in [-0.2, 0) is 9.30 Å². The second kappa shape index (κ2) is 4.81. The van der Waals surface area contributed by atoms with E-state index >= 15 is 0 Å². The molecule has 2 heterocycles. The van der Waals surface area contributed by atoms with Crippen molar-refractivity contribution in [3.05, 3.63) is 22.7 Å². The van der Waals surface area contributed by atoms with Crippen molar-refractivity contribution in [3.63, 3.8) is 0 Å². The average Bonchev–Trinajstić information content (AvgIpc) is 2.63. The molecule has 0 radical (unpaired) electrons. The van der Waals surface area contributed by atoms with E-state index < -0.39 is 25.6 Å². The van der Waals surface area contributed by atoms with Crippen LogP contribution in [-0.4, -0.2) is 31.6 Å². The normalized spacial score (nSPS) is 24.3. The third-order valence-corrected chi connectivity index (χ3v) is 3.57. The molecule has 1 aromatic heterocycles. The van der Waals surface area contributed by atoms with Crippen molar-refractivity contribution in [1.82, 2.24) is 9.55 Å². The zero-order valence-corrected chi connectivity index (χ0v) is 10.4. The highest BCUT2D eigenvalue weighted by atomic mass is 31.2. The molecule has 0 aromatic carbocycles. The van der Waals surface area contributed by atoms with Crippen molar-refractivity contribution in [2.75, 3.05) is 11.9 Å². The molecule has 2 atom stereocenters. The summed E-state index contributed by atoms with van der Waals surface area (Å²) in [5.74, 6) is 0.126. The molecule has 1 fully saturated rings. The van der Waals surface area contributed by atoms with E-state index in [1.54, 1.807) is 0 Å². The van der Waals surface area contributed by atoms with Crippen LogP contribution in [0.25, 0.3) is 0 Å². The molecule has 1 aliphatic heterocycles. The zero-order chi connectivity index (χ0) is 13.3. The van der Waals surface area contributed by atoms with E-state index in [0.29, 0.717) is 12.8 Å². The fraction of sp³-hybridized carbons (Fsp3) is 0.556. The van der Waals surface area contributed by atoms with Gasteiger partial charge in [0, 0.05) is 6.20 Å². The predicted molar refractivity (Wildman–Crippen MR) is 63.0 cm³/mol. The Bertz CT molecular complexity index is 539. The molecule has 0 spiro atoms. The fourth-order valence-electron chi connectivity index (χ4n) is 1.94. The monoisotopic (exact) mass is 275 g/mol. The molecule has 1 aromatic rings. The fourth-order valence-corrected chi connectivity index (χ4v) is 2.74. The minimum Gasteiger partial charge on any atom is -0.383 e. The number of ether oxygens (including phenoxy) is 1. The number of nitrogens with two attached hydrogens (primary N) is 1. The molecule has 0 amide bonds. The topological polar surface area (TPSA) is 128 Å². The molecule has 0 aliphatic carbocycles. The van der Waals surface area contributed by atoms with E-state index in [2.05, 4.69) is 4.98 Å². The lowest BCUT2D eigenvalue weighted by molar-refractivity contribution is 0.00779. The molecule has 18 heavy (non-hydrogen) atoms. The van der Waals surface area contributed by atoms with Crippen LogP contribution in [0.3, 0.4) is 0 Å². The van der Waals surface area contributed by atoms with Crippen molar-refractivity contribution >= 4 is 13.4 Å². The summed E-state index contributed by atoms with van der Waals surface area (Å²) in [6.07, 6.45) is 1.06. The van der Waals surface area contributed by atoms with Gasteiger partial charge in [-0.3, -0.25) is 9.13 Å². The molecule has 0 bridgehead atoms. The molecular weight excluding hydrogens is 261 g/mol. The molecule has 1 saturated heterocycles. The number of nitrogens with zero attached hydrogens (tertiary/aromatic N) is 2. The Balaban J connectivity index is 2.09. The smallest absolute Gasteiger partial charge is 0.351 e. The highest BCUT2D eigenvalue weighted by Crippen LogP contribution is 2.40. The maximum atomic E-state index is 11.6. The summed E-state index contributed by atoms with van der Waals surface area (Å²) in [5, 5.41) is 0. The Hall–Kier alpha value is -1.21. The Morgan fingerprint density at radius 1 is 1.56 bits per heavy atom. The Kier molecular flexibility index (Phi) is 3.54. The van der Waals surface area contributed by atoms with Gasteiger partial charge in [0.2, 0.25) is 0 Å². The van der Waals surface area contributed by atoms with Crippen LogP contribution in [0.5, 0.6) is 0 Å². The van der Waals surface area contributed by atoms with Crippen molar-refractivity contribution < 1.29 is 19.1 Å². The van der Waals surface area contributed by atoms with Crippen LogP contribution in [0.2, 0.25) is 0 Å². The zero-order valence-electron chi connectivity index (χ0n) is 9.47. The SMILES string of the molecule is Nc1ccn(C2CC[C@@H](CP(=O)(O)O)O2)c(=O)n1. The molecule has 1 unspecified atom stereocenters. The molecule has 2 rings (SSSR count). The van der Waals surface area contributed by atoms with E-state index in [4.69, 9.17) is 20.3 Å². The standard InChI is InChI=1S/C9H14N3O5P/c10-7-3-4-12(9(13)11-7)8-2-1-6(17-8)5-18(14,15)16/h3-4,6,8H,1-2,5H2,(H2,10,11,13)(H2,14,15,16)/t6-,8?/m0/s1. The number of hydrogen-bond donors (Lipinski definition) is 3. The molecule has 9 heteroatoms. The maximum absolute atomic E-state index is 11.6. The van der Waals surface area contributed by atoms with Crippen LogP contribution in [0.4, 0.5) is 5.82 Å². The van der Waals surface area contributed by atoms with Crippen LogP contribution in [0.1, 0.15) is 19.1 Å². The van der Waals surface area contributed by atoms with Crippen LogP contribution in [0.15, 0.2) is 17.1 Å². The van der Waals surface area contributed by atoms with Gasteiger partial charge in [-0.1, -0.05) is 0 Å². The van der Waals surface area contributed by atoms with Gasteiger partial charge in [-0.15, -0.1) is 0 Å². The Morgan fingerprint density at radius 2 is 2.28 bits per heavy atom. The summed E-state index contributed by atoms with van der Waals surface area (Å²) < 4.78 is 17.6. The molecule has 0 saturated carbocycles. The highest BCUT2D eigenvalue weighted by Gasteiger charge is 2.32. The summed E-state index contributed by atoms with van der Waals surface area (Å²) in [5.41, 5.74) is 4.84. The summed E-state index contributed by atoms with van der Waals surface area (Å²) in [7, 11) is -4.10. The summed E-state index contributed by atoms with van der Waals surface area (Å²) in [6, 6.07) is 1.47. The van der Waals surface area contributed by atoms with Gasteiger partial charge in [0.15, 0.2) is 0 Å². The van der Waals surface area contributed by atoms with Crippen LogP contribution in [0, 0.1) is 0 Å². The Labute approximate surface area is 103 Å². The first-order chi connectivity index (χ1) is 8.35. The third kappa shape index (κ3) is 3.17. The number of rotatable bonds is 3. The van der Waals surface area contributed by atoms with E-state index in [1.165, 1.54) is 16.8 Å². The van der Waals surface area contributed by atoms with Gasteiger partial charge in [-0.05, 0) is 18.9 Å². The van der Waals surface area contributed by atoms with E-state index in [9.17, 15) is 9.36 Å². The first kappa shape index (κ1) is 13.2. The van der Waals surface area contributed by atoms with Gasteiger partial charge < -0.3 is 20.3 Å². The minimum atomic E-state index is -4.10. The predicted octanol–water partition coefficient (Wildman–Crippen LogP) is -0.319. The largest absolute Gasteiger partial charge is 0.383 e. The number of aromatic nitrogens is 2. The molecular formula is C9H14N3O5P. The van der Waals surface area contributed by atoms with Gasteiger partial charge in [-0.25, -0.2) is 4.79 Å².